The number of amides is 1. The van der Waals surface area contributed by atoms with Crippen LogP contribution in [0.25, 0.3) is 0 Å². The van der Waals surface area contributed by atoms with Crippen molar-refractivity contribution in [3.8, 4) is 0 Å². The maximum atomic E-state index is 11.8. The number of imidazole rings is 1. The molecule has 2 heterocycles. The second-order valence-electron chi connectivity index (χ2n) is 4.52. The van der Waals surface area contributed by atoms with Gasteiger partial charge in [0.05, 0.1) is 5.69 Å². The monoisotopic (exact) mass is 262 g/mol. The zero-order chi connectivity index (χ0) is 13.8. The predicted molar refractivity (Wildman–Crippen MR) is 69.8 cm³/mol. The fraction of sp³-hybridized carbons (Fsp3) is 0.462. The topological polar surface area (TPSA) is 73.0 Å². The van der Waals surface area contributed by atoms with Gasteiger partial charge in [-0.3, -0.25) is 4.79 Å². The third-order valence-electron chi connectivity index (χ3n) is 3.09. The number of rotatable bonds is 5. The molecule has 0 fully saturated rings. The summed E-state index contributed by atoms with van der Waals surface area (Å²) >= 11 is 0. The predicted octanol–water partition coefficient (Wildman–Crippen LogP) is 1.39. The molecule has 2 rings (SSSR count). The maximum Gasteiger partial charge on any atom is 0.287 e. The standard InChI is InChI=1S/C13H18N4O2/c1-9-11(10(2)19-16-9)5-4-6-15-13(18)12-14-7-8-17(12)3/h7-8H,4-6H2,1-3H3,(H,15,18). The lowest BCUT2D eigenvalue weighted by Crippen LogP contribution is -2.27. The fourth-order valence-corrected chi connectivity index (χ4v) is 1.99. The van der Waals surface area contributed by atoms with E-state index in [0.717, 1.165) is 29.9 Å². The molecule has 2 aromatic rings. The van der Waals surface area contributed by atoms with Gasteiger partial charge in [0.1, 0.15) is 5.76 Å². The Balaban J connectivity index is 1.79. The van der Waals surface area contributed by atoms with E-state index >= 15 is 0 Å². The van der Waals surface area contributed by atoms with Gasteiger partial charge >= 0.3 is 0 Å². The molecule has 0 saturated heterocycles. The zero-order valence-corrected chi connectivity index (χ0v) is 11.4. The third-order valence-corrected chi connectivity index (χ3v) is 3.09. The molecule has 0 spiro atoms. The van der Waals surface area contributed by atoms with E-state index in [0.29, 0.717) is 12.4 Å². The van der Waals surface area contributed by atoms with Gasteiger partial charge in [0, 0.05) is 31.5 Å². The van der Waals surface area contributed by atoms with Crippen molar-refractivity contribution in [3.63, 3.8) is 0 Å². The summed E-state index contributed by atoms with van der Waals surface area (Å²) in [5, 5.41) is 6.76. The molecule has 2 aromatic heterocycles. The lowest BCUT2D eigenvalue weighted by Gasteiger charge is -2.05. The SMILES string of the molecule is Cc1noc(C)c1CCCNC(=O)c1nccn1C. The van der Waals surface area contributed by atoms with Crippen molar-refractivity contribution in [3.05, 3.63) is 35.2 Å². The Morgan fingerprint density at radius 2 is 2.26 bits per heavy atom. The third kappa shape index (κ3) is 3.01. The summed E-state index contributed by atoms with van der Waals surface area (Å²) in [6.07, 6.45) is 5.05. The minimum Gasteiger partial charge on any atom is -0.361 e. The van der Waals surface area contributed by atoms with Crippen molar-refractivity contribution in [2.75, 3.05) is 6.54 Å². The van der Waals surface area contributed by atoms with E-state index in [-0.39, 0.29) is 5.91 Å². The lowest BCUT2D eigenvalue weighted by atomic mass is 10.1. The van der Waals surface area contributed by atoms with Crippen molar-refractivity contribution >= 4 is 5.91 Å². The Bertz CT molecular complexity index is 551. The second-order valence-corrected chi connectivity index (χ2v) is 4.52. The molecule has 1 amide bonds. The van der Waals surface area contributed by atoms with Crippen LogP contribution in [-0.4, -0.2) is 27.2 Å². The van der Waals surface area contributed by atoms with Crippen LogP contribution in [0.15, 0.2) is 16.9 Å². The fourth-order valence-electron chi connectivity index (χ4n) is 1.99. The normalized spacial score (nSPS) is 10.7. The van der Waals surface area contributed by atoms with Crippen LogP contribution < -0.4 is 5.32 Å². The molecule has 0 radical (unpaired) electrons. The van der Waals surface area contributed by atoms with Crippen LogP contribution in [-0.2, 0) is 13.5 Å². The van der Waals surface area contributed by atoms with E-state index in [1.54, 1.807) is 24.0 Å². The number of nitrogens with zero attached hydrogens (tertiary/aromatic N) is 3. The summed E-state index contributed by atoms with van der Waals surface area (Å²) in [5.74, 6) is 1.14. The van der Waals surface area contributed by atoms with Gasteiger partial charge in [0.2, 0.25) is 0 Å². The van der Waals surface area contributed by atoms with Crippen molar-refractivity contribution in [1.29, 1.82) is 0 Å². The largest absolute Gasteiger partial charge is 0.361 e. The number of nitrogens with one attached hydrogen (secondary N) is 1. The number of hydrogen-bond donors (Lipinski definition) is 1. The first-order chi connectivity index (χ1) is 9.09. The molecule has 0 atom stereocenters. The number of carbonyl (C=O) groups is 1. The second kappa shape index (κ2) is 5.69. The Morgan fingerprint density at radius 1 is 1.47 bits per heavy atom. The summed E-state index contributed by atoms with van der Waals surface area (Å²) in [6.45, 7) is 4.44. The van der Waals surface area contributed by atoms with Crippen LogP contribution in [0.4, 0.5) is 0 Å². The highest BCUT2D eigenvalue weighted by atomic mass is 16.5. The molecule has 0 unspecified atom stereocenters. The van der Waals surface area contributed by atoms with E-state index in [4.69, 9.17) is 4.52 Å². The van der Waals surface area contributed by atoms with Crippen LogP contribution in [0.2, 0.25) is 0 Å². The Hall–Kier alpha value is -2.11. The van der Waals surface area contributed by atoms with Crippen LogP contribution in [0.1, 0.15) is 34.1 Å². The molecule has 0 aliphatic heterocycles. The molecule has 6 heteroatoms. The highest BCUT2D eigenvalue weighted by molar-refractivity contribution is 5.90. The van der Waals surface area contributed by atoms with Crippen molar-refractivity contribution in [2.24, 2.45) is 7.05 Å². The van der Waals surface area contributed by atoms with Crippen molar-refractivity contribution in [2.45, 2.75) is 26.7 Å². The summed E-state index contributed by atoms with van der Waals surface area (Å²) in [7, 11) is 1.80. The average molecular weight is 262 g/mol. The van der Waals surface area contributed by atoms with Crippen LogP contribution >= 0.6 is 0 Å². The molecular formula is C13H18N4O2. The molecule has 19 heavy (non-hydrogen) atoms. The summed E-state index contributed by atoms with van der Waals surface area (Å²) in [6, 6.07) is 0. The van der Waals surface area contributed by atoms with Crippen molar-refractivity contribution in [1.82, 2.24) is 20.0 Å². The molecule has 0 bridgehead atoms. The number of aromatic nitrogens is 3. The van der Waals surface area contributed by atoms with Crippen LogP contribution in [0.5, 0.6) is 0 Å². The lowest BCUT2D eigenvalue weighted by molar-refractivity contribution is 0.0940. The minimum absolute atomic E-state index is 0.147. The summed E-state index contributed by atoms with van der Waals surface area (Å²) in [5.41, 5.74) is 2.05. The quantitative estimate of drug-likeness (QED) is 0.826. The molecule has 0 aliphatic carbocycles. The highest BCUT2D eigenvalue weighted by Gasteiger charge is 2.11. The molecule has 1 N–H and O–H groups in total. The van der Waals surface area contributed by atoms with Gasteiger partial charge in [-0.1, -0.05) is 5.16 Å². The first kappa shape index (κ1) is 13.3. The van der Waals surface area contributed by atoms with E-state index in [9.17, 15) is 4.79 Å². The first-order valence-electron chi connectivity index (χ1n) is 6.27. The number of carbonyl (C=O) groups excluding carboxylic acids is 1. The molecule has 0 aliphatic rings. The molecule has 6 nitrogen and oxygen atoms in total. The van der Waals surface area contributed by atoms with E-state index in [1.165, 1.54) is 0 Å². The van der Waals surface area contributed by atoms with E-state index in [2.05, 4.69) is 15.5 Å². The summed E-state index contributed by atoms with van der Waals surface area (Å²) < 4.78 is 6.80. The first-order valence-corrected chi connectivity index (χ1v) is 6.27. The molecule has 0 saturated carbocycles. The Morgan fingerprint density at radius 3 is 2.84 bits per heavy atom. The summed E-state index contributed by atoms with van der Waals surface area (Å²) in [4.78, 5) is 15.8. The average Bonchev–Trinajstić information content (AvgIpc) is 2.93. The Kier molecular flexibility index (Phi) is 3.99. The van der Waals surface area contributed by atoms with Gasteiger partial charge in [-0.2, -0.15) is 0 Å². The van der Waals surface area contributed by atoms with Gasteiger partial charge < -0.3 is 14.4 Å². The number of hydrogen-bond acceptors (Lipinski definition) is 4. The maximum absolute atomic E-state index is 11.8. The van der Waals surface area contributed by atoms with Gasteiger partial charge in [0.15, 0.2) is 5.82 Å². The van der Waals surface area contributed by atoms with E-state index in [1.807, 2.05) is 13.8 Å². The number of aryl methyl sites for hydroxylation is 3. The highest BCUT2D eigenvalue weighted by Crippen LogP contribution is 2.13. The van der Waals surface area contributed by atoms with Crippen LogP contribution in [0, 0.1) is 13.8 Å². The van der Waals surface area contributed by atoms with Gasteiger partial charge in [-0.05, 0) is 26.7 Å². The molecule has 102 valence electrons. The zero-order valence-electron chi connectivity index (χ0n) is 11.4. The van der Waals surface area contributed by atoms with Crippen molar-refractivity contribution < 1.29 is 9.32 Å². The van der Waals surface area contributed by atoms with E-state index < -0.39 is 0 Å². The molecular weight excluding hydrogens is 244 g/mol. The molecule has 0 aromatic carbocycles. The smallest absolute Gasteiger partial charge is 0.287 e. The van der Waals surface area contributed by atoms with Gasteiger partial charge in [-0.15, -0.1) is 0 Å². The van der Waals surface area contributed by atoms with Gasteiger partial charge in [-0.25, -0.2) is 4.98 Å². The van der Waals surface area contributed by atoms with Gasteiger partial charge in [0.25, 0.3) is 5.91 Å². The Labute approximate surface area is 111 Å². The minimum atomic E-state index is -0.147. The van der Waals surface area contributed by atoms with Crippen LogP contribution in [0.3, 0.4) is 0 Å².